The molecule has 2 aromatic rings. The van der Waals surface area contributed by atoms with E-state index in [0.717, 1.165) is 67.1 Å². The lowest BCUT2D eigenvalue weighted by Crippen LogP contribution is -2.43. The van der Waals surface area contributed by atoms with Crippen molar-refractivity contribution >= 4 is 17.6 Å². The number of piperidine rings is 1. The van der Waals surface area contributed by atoms with E-state index in [9.17, 15) is 0 Å². The van der Waals surface area contributed by atoms with E-state index >= 15 is 0 Å². The van der Waals surface area contributed by atoms with Gasteiger partial charge >= 0.3 is 0 Å². The summed E-state index contributed by atoms with van der Waals surface area (Å²) < 4.78 is 1.71. The van der Waals surface area contributed by atoms with Crippen LogP contribution in [0.1, 0.15) is 36.8 Å². The van der Waals surface area contributed by atoms with Gasteiger partial charge in [-0.25, -0.2) is 14.6 Å². The second kappa shape index (κ2) is 8.77. The minimum Gasteiger partial charge on any atom is -0.356 e. The molecule has 0 saturated carbocycles. The minimum absolute atomic E-state index is 0.568. The molecule has 3 rings (SSSR count). The van der Waals surface area contributed by atoms with Crippen LogP contribution in [0.15, 0.2) is 5.16 Å². The minimum atomic E-state index is 0.568. The number of thioether (sulfide) groups is 1. The van der Waals surface area contributed by atoms with Gasteiger partial charge in [0.05, 0.1) is 0 Å². The zero-order valence-corrected chi connectivity index (χ0v) is 16.9. The van der Waals surface area contributed by atoms with E-state index in [1.807, 2.05) is 14.0 Å². The fourth-order valence-electron chi connectivity index (χ4n) is 3.44. The van der Waals surface area contributed by atoms with Crippen molar-refractivity contribution in [2.75, 3.05) is 30.3 Å². The van der Waals surface area contributed by atoms with Crippen LogP contribution < -0.4 is 10.2 Å². The third-order valence-electron chi connectivity index (χ3n) is 4.80. The summed E-state index contributed by atoms with van der Waals surface area (Å²) in [5, 5.41) is 16.0. The van der Waals surface area contributed by atoms with Gasteiger partial charge in [-0.2, -0.15) is 0 Å². The van der Waals surface area contributed by atoms with Crippen LogP contribution in [0.5, 0.6) is 0 Å². The first kappa shape index (κ1) is 19.0. The Hall–Kier alpha value is -1.74. The van der Waals surface area contributed by atoms with Gasteiger partial charge in [0, 0.05) is 49.7 Å². The van der Waals surface area contributed by atoms with Crippen molar-refractivity contribution in [2.45, 2.75) is 51.2 Å². The molecule has 0 unspecified atom stereocenters. The lowest BCUT2D eigenvalue weighted by molar-refractivity contribution is 0.423. The van der Waals surface area contributed by atoms with E-state index in [4.69, 9.17) is 4.98 Å². The topological polar surface area (TPSA) is 84.7 Å². The molecular weight excluding hydrogens is 348 g/mol. The van der Waals surface area contributed by atoms with Crippen molar-refractivity contribution < 1.29 is 0 Å². The quantitative estimate of drug-likeness (QED) is 0.575. The first-order chi connectivity index (χ1) is 12.6. The average Bonchev–Trinajstić information content (AvgIpc) is 3.04. The van der Waals surface area contributed by atoms with Gasteiger partial charge in [0.25, 0.3) is 0 Å². The molecule has 1 N–H and O–H groups in total. The number of hydrogen-bond donors (Lipinski definition) is 1. The third-order valence-corrected chi connectivity index (χ3v) is 5.81. The van der Waals surface area contributed by atoms with Crippen LogP contribution in [-0.4, -0.2) is 61.6 Å². The fraction of sp³-hybridized carbons (Fsp3) is 0.706. The number of nitrogens with zero attached hydrogens (tertiary/aromatic N) is 7. The number of nitrogens with one attached hydrogen (secondary N) is 1. The van der Waals surface area contributed by atoms with Gasteiger partial charge in [0.15, 0.2) is 0 Å². The van der Waals surface area contributed by atoms with Gasteiger partial charge in [-0.15, -0.1) is 5.10 Å². The summed E-state index contributed by atoms with van der Waals surface area (Å²) in [5.74, 6) is 2.98. The highest BCUT2D eigenvalue weighted by Crippen LogP contribution is 2.24. The van der Waals surface area contributed by atoms with Crippen LogP contribution in [0.3, 0.4) is 0 Å². The van der Waals surface area contributed by atoms with E-state index in [0.29, 0.717) is 6.04 Å². The van der Waals surface area contributed by atoms with Crippen LogP contribution in [0.2, 0.25) is 0 Å². The highest BCUT2D eigenvalue weighted by molar-refractivity contribution is 7.99. The van der Waals surface area contributed by atoms with Crippen molar-refractivity contribution in [3.05, 3.63) is 17.1 Å². The molecule has 0 amide bonds. The van der Waals surface area contributed by atoms with Gasteiger partial charge in [-0.05, 0) is 43.5 Å². The summed E-state index contributed by atoms with van der Waals surface area (Å²) in [4.78, 5) is 11.7. The van der Waals surface area contributed by atoms with Gasteiger partial charge in [0.1, 0.15) is 11.6 Å². The number of tetrazole rings is 1. The van der Waals surface area contributed by atoms with Crippen LogP contribution in [0.4, 0.5) is 5.82 Å². The zero-order valence-electron chi connectivity index (χ0n) is 16.1. The predicted octanol–water partition coefficient (Wildman–Crippen LogP) is 1.53. The van der Waals surface area contributed by atoms with Gasteiger partial charge < -0.3 is 10.2 Å². The lowest BCUT2D eigenvalue weighted by Gasteiger charge is -2.34. The lowest BCUT2D eigenvalue weighted by atomic mass is 10.0. The largest absolute Gasteiger partial charge is 0.356 e. The van der Waals surface area contributed by atoms with Crippen LogP contribution >= 0.6 is 11.8 Å². The maximum absolute atomic E-state index is 4.74. The third kappa shape index (κ3) is 4.50. The molecule has 26 heavy (non-hydrogen) atoms. The van der Waals surface area contributed by atoms with Gasteiger partial charge in [-0.1, -0.05) is 18.7 Å². The summed E-state index contributed by atoms with van der Waals surface area (Å²) in [7, 11) is 1.87. The monoisotopic (exact) mass is 376 g/mol. The molecule has 9 heteroatoms. The first-order valence-corrected chi connectivity index (χ1v) is 10.2. The van der Waals surface area contributed by atoms with Crippen molar-refractivity contribution in [1.29, 1.82) is 0 Å². The molecule has 0 spiro atoms. The molecule has 1 aliphatic rings. The average molecular weight is 377 g/mol. The summed E-state index contributed by atoms with van der Waals surface area (Å²) in [6.07, 6.45) is 3.26. The second-order valence-corrected chi connectivity index (χ2v) is 7.72. The molecular formula is C17H28N8S. The molecule has 0 bridgehead atoms. The predicted molar refractivity (Wildman–Crippen MR) is 104 cm³/mol. The summed E-state index contributed by atoms with van der Waals surface area (Å²) >= 11 is 1.68. The Bertz CT molecular complexity index is 724. The maximum atomic E-state index is 4.74. The van der Waals surface area contributed by atoms with Gasteiger partial charge in [0.2, 0.25) is 5.16 Å². The van der Waals surface area contributed by atoms with Gasteiger partial charge in [-0.3, -0.25) is 0 Å². The SMILES string of the molecule is CCc1c(C)nc(C)nc1N1CCC(NCCSc2nnnn2C)CC1. The Morgan fingerprint density at radius 3 is 2.62 bits per heavy atom. The van der Waals surface area contributed by atoms with Crippen LogP contribution in [0.25, 0.3) is 0 Å². The molecule has 0 radical (unpaired) electrons. The molecule has 1 saturated heterocycles. The molecule has 8 nitrogen and oxygen atoms in total. The summed E-state index contributed by atoms with van der Waals surface area (Å²) in [5.41, 5.74) is 2.40. The van der Waals surface area contributed by atoms with Crippen LogP contribution in [0, 0.1) is 13.8 Å². The molecule has 0 aliphatic carbocycles. The molecule has 0 aromatic carbocycles. The highest BCUT2D eigenvalue weighted by Gasteiger charge is 2.22. The number of aromatic nitrogens is 6. The summed E-state index contributed by atoms with van der Waals surface area (Å²) in [6, 6.07) is 0.568. The smallest absolute Gasteiger partial charge is 0.209 e. The molecule has 3 heterocycles. The van der Waals surface area contributed by atoms with E-state index in [1.54, 1.807) is 16.4 Å². The Morgan fingerprint density at radius 2 is 1.96 bits per heavy atom. The van der Waals surface area contributed by atoms with E-state index in [1.165, 1.54) is 5.56 Å². The van der Waals surface area contributed by atoms with E-state index < -0.39 is 0 Å². The molecule has 1 aliphatic heterocycles. The van der Waals surface area contributed by atoms with Crippen molar-refractivity contribution in [1.82, 2.24) is 35.5 Å². The molecule has 0 atom stereocenters. The van der Waals surface area contributed by atoms with Crippen molar-refractivity contribution in [2.24, 2.45) is 7.05 Å². The first-order valence-electron chi connectivity index (χ1n) is 9.26. The zero-order chi connectivity index (χ0) is 18.5. The fourth-order valence-corrected chi connectivity index (χ4v) is 4.16. The normalized spacial score (nSPS) is 15.6. The highest BCUT2D eigenvalue weighted by atomic mass is 32.2. The number of rotatable bonds is 7. The van der Waals surface area contributed by atoms with Crippen molar-refractivity contribution in [3.8, 4) is 0 Å². The second-order valence-electron chi connectivity index (χ2n) is 6.66. The van der Waals surface area contributed by atoms with E-state index in [-0.39, 0.29) is 0 Å². The number of anilines is 1. The molecule has 2 aromatic heterocycles. The Labute approximate surface area is 159 Å². The molecule has 1 fully saturated rings. The van der Waals surface area contributed by atoms with Crippen molar-refractivity contribution in [3.63, 3.8) is 0 Å². The Balaban J connectivity index is 1.46. The number of hydrogen-bond acceptors (Lipinski definition) is 8. The van der Waals surface area contributed by atoms with E-state index in [2.05, 4.69) is 44.6 Å². The van der Waals surface area contributed by atoms with Crippen LogP contribution in [-0.2, 0) is 13.5 Å². The Morgan fingerprint density at radius 1 is 1.19 bits per heavy atom. The maximum Gasteiger partial charge on any atom is 0.209 e. The standard InChI is InChI=1S/C17H28N8S/c1-5-15-12(2)19-13(3)20-16(15)25-9-6-14(7-10-25)18-8-11-26-17-21-22-23-24(17)4/h14,18H,5-11H2,1-4H3. The number of aryl methyl sites for hydroxylation is 3. The Kier molecular flexibility index (Phi) is 6.42. The molecule has 142 valence electrons. The summed E-state index contributed by atoms with van der Waals surface area (Å²) in [6.45, 7) is 9.31.